The zero-order valence-corrected chi connectivity index (χ0v) is 13.1. The van der Waals surface area contributed by atoms with Crippen LogP contribution in [-0.2, 0) is 19.4 Å². The summed E-state index contributed by atoms with van der Waals surface area (Å²) < 4.78 is 26.7. The van der Waals surface area contributed by atoms with Gasteiger partial charge in [0.1, 0.15) is 6.23 Å². The molecule has 0 spiro atoms. The van der Waals surface area contributed by atoms with Crippen LogP contribution in [0.15, 0.2) is 0 Å². The molecule has 114 valence electrons. The highest BCUT2D eigenvalue weighted by Gasteiger charge is 2.48. The average molecular weight is 295 g/mol. The topological polar surface area (TPSA) is 92.7 Å². The third-order valence-electron chi connectivity index (χ3n) is 3.41. The molecule has 0 saturated carbocycles. The first-order valence-corrected chi connectivity index (χ1v) is 8.21. The molecule has 0 heterocycles. The Labute approximate surface area is 115 Å². The lowest BCUT2D eigenvalue weighted by molar-refractivity contribution is -0.129. The SMILES string of the molecule is CCCCC(NC(=O)C(C)(C(C)O)S(C)(=O)=O)OC. The molecule has 0 aliphatic heterocycles. The van der Waals surface area contributed by atoms with E-state index in [1.54, 1.807) is 0 Å². The quantitative estimate of drug-likeness (QED) is 0.634. The first kappa shape index (κ1) is 18.3. The predicted molar refractivity (Wildman–Crippen MR) is 73.4 cm³/mol. The number of methoxy groups -OCH3 is 1. The Balaban J connectivity index is 5.04. The molecule has 7 heteroatoms. The van der Waals surface area contributed by atoms with Crippen LogP contribution in [0.25, 0.3) is 0 Å². The lowest BCUT2D eigenvalue weighted by Crippen LogP contribution is -2.58. The minimum absolute atomic E-state index is 0.549. The number of rotatable bonds is 8. The fourth-order valence-corrected chi connectivity index (χ4v) is 2.61. The van der Waals surface area contributed by atoms with E-state index in [9.17, 15) is 18.3 Å². The molecule has 3 atom stereocenters. The average Bonchev–Trinajstić information content (AvgIpc) is 2.31. The Morgan fingerprint density at radius 2 is 2.00 bits per heavy atom. The van der Waals surface area contributed by atoms with Crippen molar-refractivity contribution >= 4 is 15.7 Å². The summed E-state index contributed by atoms with van der Waals surface area (Å²) in [5.41, 5.74) is 0. The van der Waals surface area contributed by atoms with Gasteiger partial charge in [0, 0.05) is 13.4 Å². The normalized spacial score (nSPS) is 18.4. The molecule has 0 rings (SSSR count). The zero-order chi connectivity index (χ0) is 15.3. The van der Waals surface area contributed by atoms with Crippen molar-refractivity contribution in [2.45, 2.75) is 57.1 Å². The summed E-state index contributed by atoms with van der Waals surface area (Å²) in [4.78, 5) is 12.2. The summed E-state index contributed by atoms with van der Waals surface area (Å²) in [7, 11) is -2.31. The van der Waals surface area contributed by atoms with Gasteiger partial charge >= 0.3 is 0 Å². The number of carbonyl (C=O) groups excluding carboxylic acids is 1. The van der Waals surface area contributed by atoms with Crippen molar-refractivity contribution < 1.29 is 23.1 Å². The maximum atomic E-state index is 12.2. The number of nitrogens with one attached hydrogen (secondary N) is 1. The van der Waals surface area contributed by atoms with Crippen molar-refractivity contribution in [1.29, 1.82) is 0 Å². The summed E-state index contributed by atoms with van der Waals surface area (Å²) in [6.45, 7) is 4.51. The highest BCUT2D eigenvalue weighted by atomic mass is 32.2. The number of unbranched alkanes of at least 4 members (excludes halogenated alkanes) is 1. The van der Waals surface area contributed by atoms with Gasteiger partial charge in [-0.1, -0.05) is 13.3 Å². The molecule has 0 bridgehead atoms. The van der Waals surface area contributed by atoms with Gasteiger partial charge in [-0.15, -0.1) is 0 Å². The maximum Gasteiger partial charge on any atom is 0.245 e. The molecule has 0 aliphatic rings. The largest absolute Gasteiger partial charge is 0.391 e. The van der Waals surface area contributed by atoms with Crippen LogP contribution in [0.4, 0.5) is 0 Å². The van der Waals surface area contributed by atoms with Crippen LogP contribution in [0.5, 0.6) is 0 Å². The van der Waals surface area contributed by atoms with Crippen molar-refractivity contribution in [2.24, 2.45) is 0 Å². The van der Waals surface area contributed by atoms with Crippen LogP contribution in [0.2, 0.25) is 0 Å². The molecule has 0 aliphatic carbocycles. The first-order chi connectivity index (χ1) is 8.61. The second-order valence-electron chi connectivity index (χ2n) is 4.90. The van der Waals surface area contributed by atoms with Crippen molar-refractivity contribution in [1.82, 2.24) is 5.32 Å². The molecular weight excluding hydrogens is 270 g/mol. The Kier molecular flexibility index (Phi) is 6.96. The smallest absolute Gasteiger partial charge is 0.245 e. The molecule has 1 amide bonds. The summed E-state index contributed by atoms with van der Waals surface area (Å²) in [5, 5.41) is 12.2. The molecule has 2 N–H and O–H groups in total. The summed E-state index contributed by atoms with van der Waals surface area (Å²) >= 11 is 0. The minimum atomic E-state index is -3.75. The highest BCUT2D eigenvalue weighted by molar-refractivity contribution is 7.92. The molecule has 3 unspecified atom stereocenters. The van der Waals surface area contributed by atoms with E-state index in [0.29, 0.717) is 6.42 Å². The van der Waals surface area contributed by atoms with Gasteiger partial charge < -0.3 is 15.2 Å². The number of sulfone groups is 1. The molecule has 0 aromatic rings. The van der Waals surface area contributed by atoms with Gasteiger partial charge in [0.2, 0.25) is 5.91 Å². The predicted octanol–water partition coefficient (Wildman–Crippen LogP) is 0.449. The Hall–Kier alpha value is -0.660. The number of amides is 1. The van der Waals surface area contributed by atoms with Crippen LogP contribution in [-0.4, -0.2) is 49.9 Å². The van der Waals surface area contributed by atoms with Gasteiger partial charge in [-0.25, -0.2) is 8.42 Å². The van der Waals surface area contributed by atoms with E-state index in [2.05, 4.69) is 5.32 Å². The zero-order valence-electron chi connectivity index (χ0n) is 12.3. The summed E-state index contributed by atoms with van der Waals surface area (Å²) in [6.07, 6.45) is 1.46. The van der Waals surface area contributed by atoms with Gasteiger partial charge in [-0.05, 0) is 26.7 Å². The molecule has 0 fully saturated rings. The number of aliphatic hydroxyl groups excluding tert-OH is 1. The number of aliphatic hydroxyl groups is 1. The van der Waals surface area contributed by atoms with E-state index in [4.69, 9.17) is 4.74 Å². The monoisotopic (exact) mass is 295 g/mol. The Morgan fingerprint density at radius 1 is 1.47 bits per heavy atom. The van der Waals surface area contributed by atoms with Gasteiger partial charge in [-0.2, -0.15) is 0 Å². The van der Waals surface area contributed by atoms with E-state index in [0.717, 1.165) is 19.1 Å². The molecule has 0 radical (unpaired) electrons. The molecule has 0 aromatic heterocycles. The third kappa shape index (κ3) is 4.43. The van der Waals surface area contributed by atoms with E-state index >= 15 is 0 Å². The molecule has 19 heavy (non-hydrogen) atoms. The molecular formula is C12H25NO5S. The highest BCUT2D eigenvalue weighted by Crippen LogP contribution is 2.22. The molecule has 6 nitrogen and oxygen atoms in total. The number of hydrogen-bond acceptors (Lipinski definition) is 5. The number of carbonyl (C=O) groups is 1. The fraction of sp³-hybridized carbons (Fsp3) is 0.917. The van der Waals surface area contributed by atoms with Crippen LogP contribution in [0.3, 0.4) is 0 Å². The van der Waals surface area contributed by atoms with Crippen molar-refractivity contribution in [3.8, 4) is 0 Å². The minimum Gasteiger partial charge on any atom is -0.391 e. The Morgan fingerprint density at radius 3 is 2.32 bits per heavy atom. The molecule has 0 saturated heterocycles. The number of ether oxygens (including phenoxy) is 1. The third-order valence-corrected chi connectivity index (χ3v) is 5.48. The van der Waals surface area contributed by atoms with E-state index in [1.807, 2.05) is 6.92 Å². The standard InChI is InChI=1S/C12H25NO5S/c1-6-7-8-10(18-4)13-11(15)12(3,9(2)14)19(5,16)17/h9-10,14H,6-8H2,1-5H3,(H,13,15). The second kappa shape index (κ2) is 7.21. The number of hydrogen-bond donors (Lipinski definition) is 2. The van der Waals surface area contributed by atoms with Gasteiger partial charge in [0.25, 0.3) is 0 Å². The first-order valence-electron chi connectivity index (χ1n) is 6.32. The van der Waals surface area contributed by atoms with Crippen LogP contribution in [0, 0.1) is 0 Å². The Bertz CT molecular complexity index is 393. The fourth-order valence-electron chi connectivity index (χ4n) is 1.60. The summed E-state index contributed by atoms with van der Waals surface area (Å²) in [6, 6.07) is 0. The molecule has 0 aromatic carbocycles. The van der Waals surface area contributed by atoms with Crippen molar-refractivity contribution in [3.05, 3.63) is 0 Å². The van der Waals surface area contributed by atoms with Crippen molar-refractivity contribution in [2.75, 3.05) is 13.4 Å². The summed E-state index contributed by atoms with van der Waals surface area (Å²) in [5.74, 6) is -0.743. The van der Waals surface area contributed by atoms with Gasteiger partial charge in [-0.3, -0.25) is 4.79 Å². The lowest BCUT2D eigenvalue weighted by atomic mass is 10.0. The van der Waals surface area contributed by atoms with Gasteiger partial charge in [0.05, 0.1) is 6.10 Å². The van der Waals surface area contributed by atoms with E-state index < -0.39 is 32.8 Å². The van der Waals surface area contributed by atoms with Crippen LogP contribution < -0.4 is 5.32 Å². The van der Waals surface area contributed by atoms with Crippen LogP contribution in [0.1, 0.15) is 40.0 Å². The van der Waals surface area contributed by atoms with Gasteiger partial charge in [0.15, 0.2) is 14.6 Å². The van der Waals surface area contributed by atoms with E-state index in [1.165, 1.54) is 21.0 Å². The second-order valence-corrected chi connectivity index (χ2v) is 7.29. The van der Waals surface area contributed by atoms with E-state index in [-0.39, 0.29) is 0 Å². The van der Waals surface area contributed by atoms with Crippen molar-refractivity contribution in [3.63, 3.8) is 0 Å². The van der Waals surface area contributed by atoms with Crippen LogP contribution >= 0.6 is 0 Å². The maximum absolute atomic E-state index is 12.2. The lowest BCUT2D eigenvalue weighted by Gasteiger charge is -2.31.